The largest absolute Gasteiger partial charge is 0.324 e. The molecule has 0 bridgehead atoms. The summed E-state index contributed by atoms with van der Waals surface area (Å²) < 4.78 is 0.816. The molecule has 0 saturated heterocycles. The molecule has 4 nitrogen and oxygen atoms in total. The molecule has 0 saturated carbocycles. The van der Waals surface area contributed by atoms with Gasteiger partial charge in [-0.05, 0) is 66.0 Å². The SMILES string of the molecule is CC(=O)N(CC(=O)Nc1ccc(C)cc1Br)c1ccc(C)cc1C. The third kappa shape index (κ3) is 4.45. The highest BCUT2D eigenvalue weighted by Crippen LogP contribution is 2.24. The third-order valence-corrected chi connectivity index (χ3v) is 4.38. The van der Waals surface area contributed by atoms with Crippen molar-refractivity contribution >= 4 is 39.1 Å². The minimum atomic E-state index is -0.241. The van der Waals surface area contributed by atoms with Crippen molar-refractivity contribution in [1.29, 1.82) is 0 Å². The molecule has 0 aliphatic carbocycles. The van der Waals surface area contributed by atoms with E-state index in [-0.39, 0.29) is 18.4 Å². The standard InChI is InChI=1S/C19H21BrN2O2/c1-12-6-8-18(14(3)9-12)22(15(4)23)11-19(24)21-17-7-5-13(2)10-16(17)20/h5-10H,11H2,1-4H3,(H,21,24). The Morgan fingerprint density at radius 3 is 2.25 bits per heavy atom. The Hall–Kier alpha value is -2.14. The second kappa shape index (κ2) is 7.62. The van der Waals surface area contributed by atoms with Crippen molar-refractivity contribution in [3.05, 3.63) is 57.6 Å². The van der Waals surface area contributed by atoms with Crippen molar-refractivity contribution in [2.45, 2.75) is 27.7 Å². The van der Waals surface area contributed by atoms with Crippen LogP contribution in [0.15, 0.2) is 40.9 Å². The van der Waals surface area contributed by atoms with Gasteiger partial charge in [0.1, 0.15) is 6.54 Å². The first-order valence-electron chi connectivity index (χ1n) is 7.69. The number of carbonyl (C=O) groups excluding carboxylic acids is 2. The van der Waals surface area contributed by atoms with Gasteiger partial charge in [-0.15, -0.1) is 0 Å². The number of hydrogen-bond donors (Lipinski definition) is 1. The van der Waals surface area contributed by atoms with E-state index in [1.165, 1.54) is 11.8 Å². The minimum absolute atomic E-state index is 0.0282. The summed E-state index contributed by atoms with van der Waals surface area (Å²) in [5.41, 5.74) is 4.63. The Balaban J connectivity index is 2.18. The van der Waals surface area contributed by atoms with Gasteiger partial charge in [-0.3, -0.25) is 9.59 Å². The van der Waals surface area contributed by atoms with Gasteiger partial charge in [0.2, 0.25) is 11.8 Å². The zero-order valence-electron chi connectivity index (χ0n) is 14.3. The van der Waals surface area contributed by atoms with Crippen LogP contribution in [-0.2, 0) is 9.59 Å². The van der Waals surface area contributed by atoms with E-state index in [0.717, 1.165) is 26.9 Å². The highest BCUT2D eigenvalue weighted by atomic mass is 79.9. The molecular weight excluding hydrogens is 368 g/mol. The van der Waals surface area contributed by atoms with Crippen LogP contribution in [-0.4, -0.2) is 18.4 Å². The molecule has 126 valence electrons. The quantitative estimate of drug-likeness (QED) is 0.845. The number of benzene rings is 2. The zero-order chi connectivity index (χ0) is 17.9. The van der Waals surface area contributed by atoms with E-state index in [2.05, 4.69) is 21.2 Å². The maximum atomic E-state index is 12.4. The summed E-state index contributed by atoms with van der Waals surface area (Å²) in [6.45, 7) is 7.35. The smallest absolute Gasteiger partial charge is 0.244 e. The second-order valence-electron chi connectivity index (χ2n) is 5.93. The third-order valence-electron chi connectivity index (χ3n) is 3.72. The fraction of sp³-hybridized carbons (Fsp3) is 0.263. The zero-order valence-corrected chi connectivity index (χ0v) is 15.9. The Morgan fingerprint density at radius 2 is 1.67 bits per heavy atom. The first-order chi connectivity index (χ1) is 11.3. The lowest BCUT2D eigenvalue weighted by Gasteiger charge is -2.23. The van der Waals surface area contributed by atoms with Crippen LogP contribution < -0.4 is 10.2 Å². The predicted octanol–water partition coefficient (Wildman–Crippen LogP) is 4.37. The number of aryl methyl sites for hydroxylation is 3. The van der Waals surface area contributed by atoms with E-state index in [9.17, 15) is 9.59 Å². The summed E-state index contributed by atoms with van der Waals surface area (Å²) in [5.74, 6) is -0.408. The number of halogens is 1. The maximum absolute atomic E-state index is 12.4. The van der Waals surface area contributed by atoms with Gasteiger partial charge in [-0.2, -0.15) is 0 Å². The van der Waals surface area contributed by atoms with Gasteiger partial charge >= 0.3 is 0 Å². The van der Waals surface area contributed by atoms with Gasteiger partial charge in [-0.25, -0.2) is 0 Å². The van der Waals surface area contributed by atoms with Crippen molar-refractivity contribution in [3.63, 3.8) is 0 Å². The van der Waals surface area contributed by atoms with Crippen molar-refractivity contribution in [3.8, 4) is 0 Å². The lowest BCUT2D eigenvalue weighted by atomic mass is 10.1. The molecule has 0 atom stereocenters. The highest BCUT2D eigenvalue weighted by Gasteiger charge is 2.18. The summed E-state index contributed by atoms with van der Waals surface area (Å²) in [6, 6.07) is 11.5. The molecule has 0 fully saturated rings. The van der Waals surface area contributed by atoms with Crippen molar-refractivity contribution in [2.75, 3.05) is 16.8 Å². The average molecular weight is 389 g/mol. The van der Waals surface area contributed by atoms with E-state index < -0.39 is 0 Å². The normalized spacial score (nSPS) is 10.4. The van der Waals surface area contributed by atoms with Gasteiger partial charge in [-0.1, -0.05) is 23.8 Å². The molecule has 0 aliphatic heterocycles. The topological polar surface area (TPSA) is 49.4 Å². The minimum Gasteiger partial charge on any atom is -0.324 e. The maximum Gasteiger partial charge on any atom is 0.244 e. The Bertz CT molecular complexity index is 787. The summed E-state index contributed by atoms with van der Waals surface area (Å²) in [4.78, 5) is 25.9. The van der Waals surface area contributed by atoms with E-state index in [1.807, 2.05) is 57.2 Å². The van der Waals surface area contributed by atoms with Gasteiger partial charge in [0.15, 0.2) is 0 Å². The van der Waals surface area contributed by atoms with E-state index >= 15 is 0 Å². The molecule has 1 N–H and O–H groups in total. The number of nitrogens with zero attached hydrogens (tertiary/aromatic N) is 1. The van der Waals surface area contributed by atoms with E-state index in [0.29, 0.717) is 5.69 Å². The number of amides is 2. The molecule has 0 aliphatic rings. The molecule has 0 unspecified atom stereocenters. The van der Waals surface area contributed by atoms with Crippen LogP contribution in [0.25, 0.3) is 0 Å². The van der Waals surface area contributed by atoms with E-state index in [4.69, 9.17) is 0 Å². The van der Waals surface area contributed by atoms with Crippen LogP contribution in [0.3, 0.4) is 0 Å². The molecule has 0 heterocycles. The van der Waals surface area contributed by atoms with Crippen LogP contribution in [0.2, 0.25) is 0 Å². The average Bonchev–Trinajstić information content (AvgIpc) is 2.48. The fourth-order valence-electron chi connectivity index (χ4n) is 2.53. The number of anilines is 2. The summed E-state index contributed by atoms with van der Waals surface area (Å²) >= 11 is 3.44. The number of carbonyl (C=O) groups is 2. The first-order valence-corrected chi connectivity index (χ1v) is 8.48. The van der Waals surface area contributed by atoms with E-state index in [1.54, 1.807) is 0 Å². The molecule has 5 heteroatoms. The van der Waals surface area contributed by atoms with Gasteiger partial charge < -0.3 is 10.2 Å². The lowest BCUT2D eigenvalue weighted by Crippen LogP contribution is -2.37. The fourth-order valence-corrected chi connectivity index (χ4v) is 3.12. The molecule has 0 spiro atoms. The van der Waals surface area contributed by atoms with Gasteiger partial charge in [0.25, 0.3) is 0 Å². The molecule has 2 aromatic rings. The molecule has 24 heavy (non-hydrogen) atoms. The van der Waals surface area contributed by atoms with Crippen LogP contribution in [0.1, 0.15) is 23.6 Å². The highest BCUT2D eigenvalue weighted by molar-refractivity contribution is 9.10. The van der Waals surface area contributed by atoms with Gasteiger partial charge in [0.05, 0.1) is 5.69 Å². The van der Waals surface area contributed by atoms with Crippen molar-refractivity contribution in [2.24, 2.45) is 0 Å². The summed E-state index contributed by atoms with van der Waals surface area (Å²) in [6.07, 6.45) is 0. The second-order valence-corrected chi connectivity index (χ2v) is 6.78. The number of rotatable bonds is 4. The summed E-state index contributed by atoms with van der Waals surface area (Å²) in [7, 11) is 0. The Labute approximate surface area is 151 Å². The van der Waals surface area contributed by atoms with Crippen molar-refractivity contribution in [1.82, 2.24) is 0 Å². The van der Waals surface area contributed by atoms with Gasteiger partial charge in [0, 0.05) is 17.1 Å². The molecule has 2 rings (SSSR count). The Kier molecular flexibility index (Phi) is 5.78. The van der Waals surface area contributed by atoms with Crippen molar-refractivity contribution < 1.29 is 9.59 Å². The summed E-state index contributed by atoms with van der Waals surface area (Å²) in [5, 5.41) is 2.84. The van der Waals surface area contributed by atoms with Crippen LogP contribution in [0, 0.1) is 20.8 Å². The monoisotopic (exact) mass is 388 g/mol. The molecule has 0 aromatic heterocycles. The van der Waals surface area contributed by atoms with Crippen LogP contribution in [0.4, 0.5) is 11.4 Å². The molecule has 0 radical (unpaired) electrons. The molecule has 2 aromatic carbocycles. The predicted molar refractivity (Wildman–Crippen MR) is 101 cm³/mol. The molecule has 2 amide bonds. The Morgan fingerprint density at radius 1 is 1.04 bits per heavy atom. The first kappa shape index (κ1) is 18.2. The van der Waals surface area contributed by atoms with Crippen LogP contribution >= 0.6 is 15.9 Å². The van der Waals surface area contributed by atoms with Crippen LogP contribution in [0.5, 0.6) is 0 Å². The number of nitrogens with one attached hydrogen (secondary N) is 1. The number of hydrogen-bond acceptors (Lipinski definition) is 2. The molecular formula is C19H21BrN2O2. The lowest BCUT2D eigenvalue weighted by molar-refractivity contribution is -0.120.